The molecule has 1 saturated heterocycles. The van der Waals surface area contributed by atoms with Gasteiger partial charge in [-0.05, 0) is 22.6 Å². The average Bonchev–Trinajstić information content (AvgIpc) is 2.68. The monoisotopic (exact) mass is 401 g/mol. The number of alkyl halides is 1. The van der Waals surface area contributed by atoms with E-state index in [1.165, 1.54) is 6.20 Å². The molecule has 1 aromatic heterocycles. The van der Waals surface area contributed by atoms with E-state index in [1.807, 2.05) is 22.6 Å². The van der Waals surface area contributed by atoms with Crippen molar-refractivity contribution in [2.45, 2.75) is 24.0 Å². The van der Waals surface area contributed by atoms with Gasteiger partial charge in [-0.3, -0.25) is 4.57 Å². The number of halogens is 2. The Morgan fingerprint density at radius 3 is 2.75 bits per heavy atom. The Kier molecular flexibility index (Phi) is 4.30. The molecule has 1 aromatic rings. The van der Waals surface area contributed by atoms with E-state index in [0.29, 0.717) is 3.57 Å². The maximum absolute atomic E-state index is 13.0. The Labute approximate surface area is 126 Å². The SMILES string of the molecule is Nc1nc(=O)n([C@@H]2O[C@@](CO)(CF)[C@@H](O)[C@H]2O)cc1I. The van der Waals surface area contributed by atoms with Crippen LogP contribution < -0.4 is 11.4 Å². The minimum Gasteiger partial charge on any atom is -0.393 e. The zero-order chi connectivity index (χ0) is 15.1. The summed E-state index contributed by atoms with van der Waals surface area (Å²) in [5.74, 6) is 0.0128. The summed E-state index contributed by atoms with van der Waals surface area (Å²) in [6.45, 7) is -2.06. The van der Waals surface area contributed by atoms with E-state index in [-0.39, 0.29) is 5.82 Å². The highest BCUT2D eigenvalue weighted by Crippen LogP contribution is 2.37. The summed E-state index contributed by atoms with van der Waals surface area (Å²) in [6, 6.07) is 0. The lowest BCUT2D eigenvalue weighted by molar-refractivity contribution is -0.138. The molecular formula is C10H13FIN3O5. The summed E-state index contributed by atoms with van der Waals surface area (Å²) >= 11 is 1.82. The van der Waals surface area contributed by atoms with Gasteiger partial charge in [0.25, 0.3) is 0 Å². The average molecular weight is 401 g/mol. The first-order valence-corrected chi connectivity index (χ1v) is 6.69. The van der Waals surface area contributed by atoms with Crippen LogP contribution in [-0.2, 0) is 4.74 Å². The first-order valence-electron chi connectivity index (χ1n) is 5.61. The van der Waals surface area contributed by atoms with Gasteiger partial charge in [-0.25, -0.2) is 9.18 Å². The summed E-state index contributed by atoms with van der Waals surface area (Å²) < 4.78 is 19.5. The lowest BCUT2D eigenvalue weighted by Gasteiger charge is -2.26. The number of aromatic nitrogens is 2. The summed E-state index contributed by atoms with van der Waals surface area (Å²) in [4.78, 5) is 15.3. The van der Waals surface area contributed by atoms with Crippen LogP contribution in [0, 0.1) is 3.57 Å². The van der Waals surface area contributed by atoms with E-state index < -0.39 is 43.0 Å². The van der Waals surface area contributed by atoms with E-state index >= 15 is 0 Å². The Morgan fingerprint density at radius 2 is 2.25 bits per heavy atom. The van der Waals surface area contributed by atoms with E-state index in [2.05, 4.69) is 4.98 Å². The third kappa shape index (κ3) is 2.30. The maximum Gasteiger partial charge on any atom is 0.351 e. The molecule has 1 fully saturated rings. The van der Waals surface area contributed by atoms with Gasteiger partial charge in [-0.2, -0.15) is 4.98 Å². The lowest BCUT2D eigenvalue weighted by Crippen LogP contribution is -2.48. The minimum absolute atomic E-state index is 0.0128. The number of nitrogens with zero attached hydrogens (tertiary/aromatic N) is 2. The molecule has 0 bridgehead atoms. The molecule has 0 radical (unpaired) electrons. The zero-order valence-electron chi connectivity index (χ0n) is 10.1. The van der Waals surface area contributed by atoms with Crippen molar-refractivity contribution in [1.82, 2.24) is 9.55 Å². The van der Waals surface area contributed by atoms with E-state index in [9.17, 15) is 24.5 Å². The van der Waals surface area contributed by atoms with Crippen molar-refractivity contribution in [1.29, 1.82) is 0 Å². The Balaban J connectivity index is 2.45. The Bertz CT molecular complexity index is 564. The van der Waals surface area contributed by atoms with Crippen LogP contribution in [0.15, 0.2) is 11.0 Å². The van der Waals surface area contributed by atoms with E-state index in [4.69, 9.17) is 10.5 Å². The fourth-order valence-electron chi connectivity index (χ4n) is 1.99. The van der Waals surface area contributed by atoms with Gasteiger partial charge in [0.15, 0.2) is 11.8 Å². The van der Waals surface area contributed by atoms with Gasteiger partial charge in [0.2, 0.25) is 0 Å². The van der Waals surface area contributed by atoms with Crippen LogP contribution in [0.3, 0.4) is 0 Å². The van der Waals surface area contributed by atoms with Gasteiger partial charge in [0.05, 0.1) is 10.2 Å². The third-order valence-electron chi connectivity index (χ3n) is 3.21. The molecule has 20 heavy (non-hydrogen) atoms. The first-order chi connectivity index (χ1) is 9.36. The van der Waals surface area contributed by atoms with Crippen molar-refractivity contribution in [2.75, 3.05) is 19.0 Å². The van der Waals surface area contributed by atoms with Crippen LogP contribution in [0.1, 0.15) is 6.23 Å². The van der Waals surface area contributed by atoms with Crippen molar-refractivity contribution in [3.05, 3.63) is 20.3 Å². The molecule has 5 N–H and O–H groups in total. The number of hydrogen-bond donors (Lipinski definition) is 4. The highest BCUT2D eigenvalue weighted by molar-refractivity contribution is 14.1. The third-order valence-corrected chi connectivity index (χ3v) is 4.04. The van der Waals surface area contributed by atoms with Crippen molar-refractivity contribution >= 4 is 28.4 Å². The Morgan fingerprint density at radius 1 is 1.60 bits per heavy atom. The van der Waals surface area contributed by atoms with Crippen molar-refractivity contribution < 1.29 is 24.4 Å². The van der Waals surface area contributed by atoms with E-state index in [1.54, 1.807) is 0 Å². The summed E-state index contributed by atoms with van der Waals surface area (Å²) in [5.41, 5.74) is 2.70. The van der Waals surface area contributed by atoms with Crippen LogP contribution in [-0.4, -0.2) is 56.0 Å². The van der Waals surface area contributed by atoms with Crippen LogP contribution >= 0.6 is 22.6 Å². The molecule has 0 aromatic carbocycles. The fraction of sp³-hybridized carbons (Fsp3) is 0.600. The van der Waals surface area contributed by atoms with Gasteiger partial charge in [0, 0.05) is 6.20 Å². The van der Waals surface area contributed by atoms with Gasteiger partial charge in [-0.15, -0.1) is 0 Å². The predicted octanol–water partition coefficient (Wildman–Crippen LogP) is -1.62. The highest BCUT2D eigenvalue weighted by Gasteiger charge is 2.55. The first kappa shape index (κ1) is 15.6. The molecule has 0 aliphatic carbocycles. The molecular weight excluding hydrogens is 388 g/mol. The van der Waals surface area contributed by atoms with Gasteiger partial charge >= 0.3 is 5.69 Å². The standard InChI is InChI=1S/C10H13FIN3O5/c11-2-10(3-16)6(18)5(17)8(20-10)15-1-4(12)7(13)14-9(15)19/h1,5-6,8,16-18H,2-3H2,(H2,13,14,19)/t5-,6+,8-,10-/m1/s1. The lowest BCUT2D eigenvalue weighted by atomic mass is 9.98. The molecule has 2 heterocycles. The molecule has 2 rings (SSSR count). The zero-order valence-corrected chi connectivity index (χ0v) is 12.3. The second kappa shape index (κ2) is 5.52. The molecule has 0 amide bonds. The molecule has 1 aliphatic heterocycles. The van der Waals surface area contributed by atoms with Crippen LogP contribution in [0.5, 0.6) is 0 Å². The van der Waals surface area contributed by atoms with Gasteiger partial charge < -0.3 is 25.8 Å². The summed E-state index contributed by atoms with van der Waals surface area (Å²) in [7, 11) is 0. The highest BCUT2D eigenvalue weighted by atomic mass is 127. The number of ether oxygens (including phenoxy) is 1. The Hall–Kier alpha value is -0.820. The number of anilines is 1. The second-order valence-electron chi connectivity index (χ2n) is 4.46. The van der Waals surface area contributed by atoms with Crippen molar-refractivity contribution in [2.24, 2.45) is 0 Å². The molecule has 10 heteroatoms. The largest absolute Gasteiger partial charge is 0.393 e. The van der Waals surface area contributed by atoms with Gasteiger partial charge in [0.1, 0.15) is 24.7 Å². The van der Waals surface area contributed by atoms with Crippen LogP contribution in [0.4, 0.5) is 10.2 Å². The fourth-order valence-corrected chi connectivity index (χ4v) is 2.41. The minimum atomic E-state index is -1.96. The number of aliphatic hydroxyl groups excluding tert-OH is 3. The van der Waals surface area contributed by atoms with Gasteiger partial charge in [-0.1, -0.05) is 0 Å². The van der Waals surface area contributed by atoms with Crippen molar-refractivity contribution in [3.8, 4) is 0 Å². The molecule has 8 nitrogen and oxygen atoms in total. The number of nitrogens with two attached hydrogens (primary N) is 1. The van der Waals surface area contributed by atoms with Crippen LogP contribution in [0.2, 0.25) is 0 Å². The predicted molar refractivity (Wildman–Crippen MR) is 73.6 cm³/mol. The summed E-state index contributed by atoms with van der Waals surface area (Å²) in [6.07, 6.45) is -3.35. The van der Waals surface area contributed by atoms with E-state index in [0.717, 1.165) is 4.57 Å². The molecule has 1 aliphatic rings. The second-order valence-corrected chi connectivity index (χ2v) is 5.63. The number of hydrogen-bond acceptors (Lipinski definition) is 7. The number of rotatable bonds is 3. The molecule has 0 saturated carbocycles. The smallest absolute Gasteiger partial charge is 0.351 e. The van der Waals surface area contributed by atoms with Crippen molar-refractivity contribution in [3.63, 3.8) is 0 Å². The number of aliphatic hydroxyl groups is 3. The summed E-state index contributed by atoms with van der Waals surface area (Å²) in [5, 5.41) is 28.9. The number of nitrogen functional groups attached to an aromatic ring is 1. The molecule has 4 atom stereocenters. The maximum atomic E-state index is 13.0. The normalized spacial score (nSPS) is 33.5. The molecule has 0 spiro atoms. The topological polar surface area (TPSA) is 131 Å². The quantitative estimate of drug-likeness (QED) is 0.448. The van der Waals surface area contributed by atoms with Crippen LogP contribution in [0.25, 0.3) is 0 Å². The molecule has 0 unspecified atom stereocenters. The molecule has 112 valence electrons.